The van der Waals surface area contributed by atoms with Gasteiger partial charge in [-0.15, -0.1) is 11.3 Å². The second-order valence-electron chi connectivity index (χ2n) is 4.82. The second-order valence-corrected chi connectivity index (χ2v) is 5.68. The maximum atomic E-state index is 11.8. The molecule has 0 spiro atoms. The maximum Gasteiger partial charge on any atom is 0.264 e. The molecule has 1 aromatic heterocycles. The summed E-state index contributed by atoms with van der Waals surface area (Å²) in [6, 6.07) is 7.78. The zero-order valence-electron chi connectivity index (χ0n) is 11.8. The SMILES string of the molecule is Cc1csc(NC(=O)COc2ccccc2C(C)C)n1. The van der Waals surface area contributed by atoms with Crippen molar-refractivity contribution in [1.29, 1.82) is 0 Å². The summed E-state index contributed by atoms with van der Waals surface area (Å²) in [7, 11) is 0. The highest BCUT2D eigenvalue weighted by atomic mass is 32.1. The van der Waals surface area contributed by atoms with Crippen LogP contribution in [0.4, 0.5) is 5.13 Å². The molecule has 20 heavy (non-hydrogen) atoms. The summed E-state index contributed by atoms with van der Waals surface area (Å²) in [5.74, 6) is 0.918. The average Bonchev–Trinajstić information content (AvgIpc) is 2.82. The van der Waals surface area contributed by atoms with Gasteiger partial charge in [0.1, 0.15) is 5.75 Å². The highest BCUT2D eigenvalue weighted by Crippen LogP contribution is 2.25. The molecule has 5 heteroatoms. The van der Waals surface area contributed by atoms with Crippen LogP contribution in [-0.4, -0.2) is 17.5 Å². The van der Waals surface area contributed by atoms with Gasteiger partial charge in [-0.3, -0.25) is 10.1 Å². The Morgan fingerprint density at radius 2 is 2.15 bits per heavy atom. The van der Waals surface area contributed by atoms with E-state index in [9.17, 15) is 4.79 Å². The van der Waals surface area contributed by atoms with Crippen molar-refractivity contribution in [3.8, 4) is 5.75 Å². The van der Waals surface area contributed by atoms with Crippen molar-refractivity contribution < 1.29 is 9.53 Å². The minimum absolute atomic E-state index is 0.0115. The summed E-state index contributed by atoms with van der Waals surface area (Å²) in [6.45, 7) is 6.07. The molecule has 0 radical (unpaired) electrons. The molecule has 1 aromatic carbocycles. The van der Waals surface area contributed by atoms with Crippen LogP contribution >= 0.6 is 11.3 Å². The van der Waals surface area contributed by atoms with Gasteiger partial charge in [0.25, 0.3) is 5.91 Å². The zero-order chi connectivity index (χ0) is 14.5. The number of nitrogens with one attached hydrogen (secondary N) is 1. The van der Waals surface area contributed by atoms with Crippen LogP contribution in [0.3, 0.4) is 0 Å². The molecular formula is C15H18N2O2S. The topological polar surface area (TPSA) is 51.2 Å². The fourth-order valence-corrected chi connectivity index (χ4v) is 2.50. The number of carbonyl (C=O) groups excluding carboxylic acids is 1. The van der Waals surface area contributed by atoms with Crippen LogP contribution in [0.5, 0.6) is 5.75 Å². The van der Waals surface area contributed by atoms with E-state index in [1.54, 1.807) is 0 Å². The van der Waals surface area contributed by atoms with E-state index in [-0.39, 0.29) is 12.5 Å². The number of ether oxygens (including phenoxy) is 1. The van der Waals surface area contributed by atoms with Gasteiger partial charge in [0.2, 0.25) is 0 Å². The van der Waals surface area contributed by atoms with Gasteiger partial charge in [-0.05, 0) is 24.5 Å². The highest BCUT2D eigenvalue weighted by molar-refractivity contribution is 7.13. The van der Waals surface area contributed by atoms with E-state index in [1.807, 2.05) is 36.6 Å². The van der Waals surface area contributed by atoms with Crippen molar-refractivity contribution in [3.63, 3.8) is 0 Å². The molecule has 0 atom stereocenters. The molecule has 1 amide bonds. The minimum atomic E-state index is -0.196. The van der Waals surface area contributed by atoms with Gasteiger partial charge in [-0.25, -0.2) is 4.98 Å². The molecule has 0 aliphatic heterocycles. The quantitative estimate of drug-likeness (QED) is 0.915. The molecule has 0 aliphatic rings. The number of aromatic nitrogens is 1. The Kier molecular flexibility index (Phi) is 4.74. The zero-order valence-corrected chi connectivity index (χ0v) is 12.7. The molecule has 0 aliphatic carbocycles. The van der Waals surface area contributed by atoms with Gasteiger partial charge < -0.3 is 4.74 Å². The molecule has 0 saturated carbocycles. The molecule has 1 heterocycles. The predicted molar refractivity (Wildman–Crippen MR) is 81.5 cm³/mol. The van der Waals surface area contributed by atoms with E-state index >= 15 is 0 Å². The Morgan fingerprint density at radius 3 is 2.80 bits per heavy atom. The fourth-order valence-electron chi connectivity index (χ4n) is 1.80. The van der Waals surface area contributed by atoms with E-state index in [1.165, 1.54) is 11.3 Å². The molecule has 1 N–H and O–H groups in total. The number of hydrogen-bond donors (Lipinski definition) is 1. The normalized spacial score (nSPS) is 10.6. The summed E-state index contributed by atoms with van der Waals surface area (Å²) in [4.78, 5) is 16.0. The minimum Gasteiger partial charge on any atom is -0.483 e. The van der Waals surface area contributed by atoms with E-state index in [0.29, 0.717) is 11.0 Å². The van der Waals surface area contributed by atoms with Crippen LogP contribution in [0.15, 0.2) is 29.6 Å². The van der Waals surface area contributed by atoms with Gasteiger partial charge in [0.15, 0.2) is 11.7 Å². The Bertz CT molecular complexity index is 593. The number of carbonyl (C=O) groups is 1. The number of thiazole rings is 1. The Balaban J connectivity index is 1.93. The van der Waals surface area contributed by atoms with Crippen molar-refractivity contribution in [2.45, 2.75) is 26.7 Å². The third kappa shape index (κ3) is 3.81. The van der Waals surface area contributed by atoms with Crippen molar-refractivity contribution in [2.24, 2.45) is 0 Å². The maximum absolute atomic E-state index is 11.8. The van der Waals surface area contributed by atoms with Crippen LogP contribution in [0.1, 0.15) is 31.0 Å². The van der Waals surface area contributed by atoms with Crippen molar-refractivity contribution >= 4 is 22.4 Å². The summed E-state index contributed by atoms with van der Waals surface area (Å²) in [6.07, 6.45) is 0. The number of amides is 1. The fraction of sp³-hybridized carbons (Fsp3) is 0.333. The van der Waals surface area contributed by atoms with E-state index in [0.717, 1.165) is 17.0 Å². The first-order chi connectivity index (χ1) is 9.56. The van der Waals surface area contributed by atoms with Gasteiger partial charge in [0, 0.05) is 5.38 Å². The summed E-state index contributed by atoms with van der Waals surface area (Å²) >= 11 is 1.41. The molecule has 0 fully saturated rings. The number of hydrogen-bond acceptors (Lipinski definition) is 4. The van der Waals surface area contributed by atoms with E-state index in [4.69, 9.17) is 4.74 Å². The first-order valence-electron chi connectivity index (χ1n) is 6.50. The van der Waals surface area contributed by atoms with Crippen molar-refractivity contribution in [1.82, 2.24) is 4.98 Å². The lowest BCUT2D eigenvalue weighted by Crippen LogP contribution is -2.20. The Hall–Kier alpha value is -1.88. The molecule has 2 rings (SSSR count). The molecule has 106 valence electrons. The number of nitrogens with zero attached hydrogens (tertiary/aromatic N) is 1. The molecule has 0 bridgehead atoms. The number of benzene rings is 1. The molecule has 2 aromatic rings. The summed E-state index contributed by atoms with van der Waals surface area (Å²) in [5.41, 5.74) is 2.00. The standard InChI is InChI=1S/C15H18N2O2S/c1-10(2)12-6-4-5-7-13(12)19-8-14(18)17-15-16-11(3)9-20-15/h4-7,9-10H,8H2,1-3H3,(H,16,17,18). The monoisotopic (exact) mass is 290 g/mol. The van der Waals surface area contributed by atoms with Gasteiger partial charge in [-0.1, -0.05) is 32.0 Å². The first kappa shape index (κ1) is 14.5. The Labute approximate surface area is 122 Å². The third-order valence-corrected chi connectivity index (χ3v) is 3.64. The number of rotatable bonds is 5. The number of para-hydroxylation sites is 1. The van der Waals surface area contributed by atoms with E-state index < -0.39 is 0 Å². The van der Waals surface area contributed by atoms with Crippen LogP contribution in [-0.2, 0) is 4.79 Å². The molecule has 0 saturated heterocycles. The van der Waals surface area contributed by atoms with Crippen LogP contribution in [0.25, 0.3) is 0 Å². The van der Waals surface area contributed by atoms with Crippen LogP contribution in [0, 0.1) is 6.92 Å². The predicted octanol–water partition coefficient (Wildman–Crippen LogP) is 3.59. The smallest absolute Gasteiger partial charge is 0.264 e. The van der Waals surface area contributed by atoms with Gasteiger partial charge in [0.05, 0.1) is 5.69 Å². The van der Waals surface area contributed by atoms with E-state index in [2.05, 4.69) is 24.1 Å². The largest absolute Gasteiger partial charge is 0.483 e. The van der Waals surface area contributed by atoms with Crippen molar-refractivity contribution in [2.75, 3.05) is 11.9 Å². The molecule has 0 unspecified atom stereocenters. The van der Waals surface area contributed by atoms with Crippen LogP contribution in [0.2, 0.25) is 0 Å². The average molecular weight is 290 g/mol. The number of aryl methyl sites for hydroxylation is 1. The molecular weight excluding hydrogens is 272 g/mol. The Morgan fingerprint density at radius 1 is 1.40 bits per heavy atom. The highest BCUT2D eigenvalue weighted by Gasteiger charge is 2.10. The third-order valence-electron chi connectivity index (χ3n) is 2.77. The molecule has 4 nitrogen and oxygen atoms in total. The van der Waals surface area contributed by atoms with Crippen molar-refractivity contribution in [3.05, 3.63) is 40.9 Å². The summed E-state index contributed by atoms with van der Waals surface area (Å²) in [5, 5.41) is 5.22. The van der Waals surface area contributed by atoms with Crippen LogP contribution < -0.4 is 10.1 Å². The lowest BCUT2D eigenvalue weighted by atomic mass is 10.0. The van der Waals surface area contributed by atoms with Gasteiger partial charge >= 0.3 is 0 Å². The van der Waals surface area contributed by atoms with Gasteiger partial charge in [-0.2, -0.15) is 0 Å². The lowest BCUT2D eigenvalue weighted by Gasteiger charge is -2.13. The summed E-state index contributed by atoms with van der Waals surface area (Å²) < 4.78 is 5.60. The lowest BCUT2D eigenvalue weighted by molar-refractivity contribution is -0.118. The first-order valence-corrected chi connectivity index (χ1v) is 7.38. The second kappa shape index (κ2) is 6.52. The number of anilines is 1.